The number of nitrogens with one attached hydrogen (secondary N) is 1. The molecule has 2 aliphatic heterocycles. The van der Waals surface area contributed by atoms with Crippen LogP contribution in [0.4, 0.5) is 0 Å². The Hall–Kier alpha value is -2.45. The van der Waals surface area contributed by atoms with E-state index in [0.717, 1.165) is 36.1 Å². The van der Waals surface area contributed by atoms with Gasteiger partial charge in [-0.3, -0.25) is 14.7 Å². The zero-order valence-electron chi connectivity index (χ0n) is 16.6. The Morgan fingerprint density at radius 3 is 2.79 bits per heavy atom. The normalized spacial score (nSPS) is 25.6. The van der Waals surface area contributed by atoms with Crippen molar-refractivity contribution in [3.8, 4) is 0 Å². The van der Waals surface area contributed by atoms with Gasteiger partial charge in [-0.2, -0.15) is 5.10 Å². The second kappa shape index (κ2) is 7.18. The first-order valence-electron chi connectivity index (χ1n) is 9.72. The molecule has 28 heavy (non-hydrogen) atoms. The molecular formula is C20H27N5O3. The zero-order chi connectivity index (χ0) is 20.0. The number of carbonyl (C=O) groups is 2. The number of aromatic nitrogens is 2. The van der Waals surface area contributed by atoms with Crippen molar-refractivity contribution in [2.45, 2.75) is 25.5 Å². The molecule has 4 rings (SSSR count). The number of amides is 2. The molecule has 0 unspecified atom stereocenters. The minimum atomic E-state index is -0.742. The highest BCUT2D eigenvalue weighted by atomic mass is 16.3. The Bertz CT molecular complexity index is 910. The Labute approximate surface area is 164 Å². The van der Waals surface area contributed by atoms with Crippen LogP contribution >= 0.6 is 0 Å². The van der Waals surface area contributed by atoms with Gasteiger partial charge in [-0.05, 0) is 39.1 Å². The topological polar surface area (TPSA) is 92.8 Å². The number of hydrogen-bond donors (Lipinski definition) is 2. The largest absolute Gasteiger partial charge is 0.389 e. The van der Waals surface area contributed by atoms with E-state index in [9.17, 15) is 14.7 Å². The number of carbonyl (C=O) groups excluding carboxylic acids is 2. The number of aryl methyl sites for hydroxylation is 1. The number of aliphatic hydroxyl groups is 1. The summed E-state index contributed by atoms with van der Waals surface area (Å²) in [7, 11) is 3.75. The van der Waals surface area contributed by atoms with Crippen molar-refractivity contribution < 1.29 is 14.7 Å². The molecule has 2 amide bonds. The molecule has 8 nitrogen and oxygen atoms in total. The van der Waals surface area contributed by atoms with Crippen molar-refractivity contribution in [1.29, 1.82) is 0 Å². The lowest BCUT2D eigenvalue weighted by Crippen LogP contribution is -2.47. The van der Waals surface area contributed by atoms with Gasteiger partial charge >= 0.3 is 0 Å². The van der Waals surface area contributed by atoms with E-state index in [0.29, 0.717) is 12.1 Å². The molecule has 1 aromatic carbocycles. The summed E-state index contributed by atoms with van der Waals surface area (Å²) >= 11 is 0. The number of rotatable bonds is 3. The fraction of sp³-hybridized carbons (Fsp3) is 0.550. The van der Waals surface area contributed by atoms with Gasteiger partial charge in [0.2, 0.25) is 5.91 Å². The summed E-state index contributed by atoms with van der Waals surface area (Å²) in [6.07, 6.45) is 0.0993. The van der Waals surface area contributed by atoms with Gasteiger partial charge in [0.1, 0.15) is 0 Å². The van der Waals surface area contributed by atoms with Crippen LogP contribution in [-0.2, 0) is 4.79 Å². The number of likely N-dealkylation sites (tertiary alicyclic amines) is 2. The lowest BCUT2D eigenvalue weighted by molar-refractivity contribution is -0.137. The molecule has 0 spiro atoms. The molecular weight excluding hydrogens is 358 g/mol. The highest BCUT2D eigenvalue weighted by Crippen LogP contribution is 2.24. The summed E-state index contributed by atoms with van der Waals surface area (Å²) in [6.45, 7) is 4.16. The number of nitrogens with zero attached hydrogens (tertiary/aromatic N) is 4. The third-order valence-electron chi connectivity index (χ3n) is 6.12. The quantitative estimate of drug-likeness (QED) is 0.801. The second-order valence-corrected chi connectivity index (χ2v) is 8.12. The predicted octanol–water partition coefficient (Wildman–Crippen LogP) is 0.467. The molecule has 2 N–H and O–H groups in total. The maximum absolute atomic E-state index is 12.9. The van der Waals surface area contributed by atoms with E-state index in [-0.39, 0.29) is 30.3 Å². The van der Waals surface area contributed by atoms with E-state index < -0.39 is 6.10 Å². The Balaban J connectivity index is 1.46. The highest BCUT2D eigenvalue weighted by molar-refractivity contribution is 5.98. The fourth-order valence-electron chi connectivity index (χ4n) is 4.37. The van der Waals surface area contributed by atoms with Gasteiger partial charge in [-0.25, -0.2) is 0 Å². The minimum Gasteiger partial charge on any atom is -0.389 e. The van der Waals surface area contributed by atoms with Crippen LogP contribution in [0.3, 0.4) is 0 Å². The minimum absolute atomic E-state index is 0.0303. The van der Waals surface area contributed by atoms with Crippen molar-refractivity contribution in [1.82, 2.24) is 24.9 Å². The first-order chi connectivity index (χ1) is 13.3. The maximum Gasteiger partial charge on any atom is 0.254 e. The summed E-state index contributed by atoms with van der Waals surface area (Å²) in [5.41, 5.74) is 2.25. The molecule has 0 saturated carbocycles. The average molecular weight is 385 g/mol. The molecule has 2 saturated heterocycles. The molecule has 3 atom stereocenters. The molecule has 1 aromatic heterocycles. The van der Waals surface area contributed by atoms with Crippen LogP contribution in [0.25, 0.3) is 10.9 Å². The summed E-state index contributed by atoms with van der Waals surface area (Å²) in [5, 5.41) is 18.7. The third-order valence-corrected chi connectivity index (χ3v) is 6.12. The number of β-amino-alcohol motifs (C(OH)–C–C–N with tert-alkyl or cyclic N) is 1. The summed E-state index contributed by atoms with van der Waals surface area (Å²) in [6, 6.07) is 5.07. The van der Waals surface area contributed by atoms with Crippen molar-refractivity contribution in [2.24, 2.45) is 5.92 Å². The van der Waals surface area contributed by atoms with Crippen molar-refractivity contribution >= 4 is 22.7 Å². The molecule has 2 aromatic rings. The summed E-state index contributed by atoms with van der Waals surface area (Å²) < 4.78 is 0. The number of aromatic amines is 1. The van der Waals surface area contributed by atoms with Crippen molar-refractivity contribution in [3.63, 3.8) is 0 Å². The van der Waals surface area contributed by atoms with Gasteiger partial charge in [0.15, 0.2) is 0 Å². The molecule has 0 aliphatic carbocycles. The zero-order valence-corrected chi connectivity index (χ0v) is 16.6. The van der Waals surface area contributed by atoms with E-state index >= 15 is 0 Å². The van der Waals surface area contributed by atoms with Gasteiger partial charge in [0.05, 0.1) is 23.6 Å². The lowest BCUT2D eigenvalue weighted by Gasteiger charge is -2.29. The van der Waals surface area contributed by atoms with E-state index in [1.165, 1.54) is 0 Å². The smallest absolute Gasteiger partial charge is 0.254 e. The average Bonchev–Trinajstić information content (AvgIpc) is 3.39. The highest BCUT2D eigenvalue weighted by Gasteiger charge is 2.40. The van der Waals surface area contributed by atoms with E-state index in [4.69, 9.17) is 0 Å². The molecule has 3 heterocycles. The molecule has 0 bridgehead atoms. The van der Waals surface area contributed by atoms with Gasteiger partial charge in [-0.1, -0.05) is 6.07 Å². The Kier molecular flexibility index (Phi) is 4.84. The summed E-state index contributed by atoms with van der Waals surface area (Å²) in [4.78, 5) is 31.1. The SMILES string of the molecule is Cc1[nH]nc2cc(C(=O)N3C[C@@H](O)[C@H](N(C)C(=O)[C@H]4CCN(C)C4)C3)ccc12. The summed E-state index contributed by atoms with van der Waals surface area (Å²) in [5.74, 6) is -0.126. The Morgan fingerprint density at radius 1 is 1.29 bits per heavy atom. The first-order valence-corrected chi connectivity index (χ1v) is 9.72. The third kappa shape index (κ3) is 3.27. The standard InChI is InChI=1S/C20H27N5O3/c1-12-15-5-4-13(8-16(15)22-21-12)20(28)25-10-17(18(26)11-25)24(3)19(27)14-6-7-23(2)9-14/h4-5,8,14,17-18,26H,6-7,9-11H2,1-3H3,(H,21,22)/t14-,17+,18+/m0/s1. The molecule has 8 heteroatoms. The molecule has 0 radical (unpaired) electrons. The number of aliphatic hydroxyl groups excluding tert-OH is 1. The van der Waals surface area contributed by atoms with Crippen LogP contribution in [0, 0.1) is 12.8 Å². The molecule has 2 aliphatic rings. The Morgan fingerprint density at radius 2 is 2.07 bits per heavy atom. The second-order valence-electron chi connectivity index (χ2n) is 8.12. The van der Waals surface area contributed by atoms with Gasteiger partial charge in [-0.15, -0.1) is 0 Å². The number of likely N-dealkylation sites (N-methyl/N-ethyl adjacent to an activating group) is 1. The van der Waals surface area contributed by atoms with Crippen LogP contribution in [0.2, 0.25) is 0 Å². The van der Waals surface area contributed by atoms with Crippen molar-refractivity contribution in [3.05, 3.63) is 29.5 Å². The van der Waals surface area contributed by atoms with Crippen LogP contribution < -0.4 is 0 Å². The number of hydrogen-bond acceptors (Lipinski definition) is 5. The molecule has 2 fully saturated rings. The number of H-pyrrole nitrogens is 1. The lowest BCUT2D eigenvalue weighted by atomic mass is 10.1. The van der Waals surface area contributed by atoms with Crippen LogP contribution in [0.15, 0.2) is 18.2 Å². The van der Waals surface area contributed by atoms with Crippen LogP contribution in [0.5, 0.6) is 0 Å². The molecule has 150 valence electrons. The maximum atomic E-state index is 12.9. The fourth-order valence-corrected chi connectivity index (χ4v) is 4.37. The van der Waals surface area contributed by atoms with Gasteiger partial charge in [0, 0.05) is 43.3 Å². The number of fused-ring (bicyclic) bond motifs is 1. The van der Waals surface area contributed by atoms with Gasteiger partial charge < -0.3 is 19.8 Å². The van der Waals surface area contributed by atoms with E-state index in [2.05, 4.69) is 15.1 Å². The van der Waals surface area contributed by atoms with Crippen molar-refractivity contribution in [2.75, 3.05) is 40.3 Å². The van der Waals surface area contributed by atoms with E-state index in [1.807, 2.05) is 20.0 Å². The monoisotopic (exact) mass is 385 g/mol. The first kappa shape index (κ1) is 18.9. The van der Waals surface area contributed by atoms with Crippen LogP contribution in [-0.4, -0.2) is 94.2 Å². The number of benzene rings is 1. The van der Waals surface area contributed by atoms with Gasteiger partial charge in [0.25, 0.3) is 5.91 Å². The van der Waals surface area contributed by atoms with E-state index in [1.54, 1.807) is 29.0 Å². The predicted molar refractivity (Wildman–Crippen MR) is 105 cm³/mol. The van der Waals surface area contributed by atoms with Crippen LogP contribution in [0.1, 0.15) is 22.5 Å².